The van der Waals surface area contributed by atoms with Gasteiger partial charge in [0.05, 0.1) is 18.0 Å². The molecule has 2 aromatic heterocycles. The van der Waals surface area contributed by atoms with Crippen LogP contribution in [0.3, 0.4) is 0 Å². The highest BCUT2D eigenvalue weighted by molar-refractivity contribution is 7.16. The Bertz CT molecular complexity index is 778. The average molecular weight is 301 g/mol. The van der Waals surface area contributed by atoms with Gasteiger partial charge in [-0.2, -0.15) is 5.10 Å². The minimum atomic E-state index is -0.0688. The first kappa shape index (κ1) is 14.2. The third-order valence-electron chi connectivity index (χ3n) is 3.57. The van der Waals surface area contributed by atoms with Crippen LogP contribution in [0.5, 0.6) is 0 Å². The van der Waals surface area contributed by atoms with Gasteiger partial charge in [-0.15, -0.1) is 0 Å². The van der Waals surface area contributed by atoms with E-state index in [4.69, 9.17) is 0 Å². The highest BCUT2D eigenvalue weighted by Gasteiger charge is 2.18. The molecule has 0 unspecified atom stereocenters. The quantitative estimate of drug-likeness (QED) is 0.787. The van der Waals surface area contributed by atoms with Crippen molar-refractivity contribution in [3.05, 3.63) is 40.5 Å². The van der Waals surface area contributed by atoms with E-state index in [1.165, 1.54) is 16.9 Å². The lowest BCUT2D eigenvalue weighted by Crippen LogP contribution is -2.10. The zero-order valence-corrected chi connectivity index (χ0v) is 13.5. The Morgan fingerprint density at radius 3 is 2.43 bits per heavy atom. The molecule has 110 valence electrons. The van der Waals surface area contributed by atoms with E-state index in [0.717, 1.165) is 26.9 Å². The van der Waals surface area contributed by atoms with Crippen LogP contribution < -0.4 is 0 Å². The van der Waals surface area contributed by atoms with Crippen molar-refractivity contribution >= 4 is 16.3 Å². The van der Waals surface area contributed by atoms with Gasteiger partial charge in [0.15, 0.2) is 0 Å². The van der Waals surface area contributed by atoms with Crippen molar-refractivity contribution < 1.29 is 5.11 Å². The summed E-state index contributed by atoms with van der Waals surface area (Å²) in [7, 11) is 0. The predicted molar refractivity (Wildman–Crippen MR) is 85.7 cm³/mol. The minimum Gasteiger partial charge on any atom is -0.390 e. The number of aliphatic hydroxyl groups is 1. The van der Waals surface area contributed by atoms with Crippen molar-refractivity contribution in [1.82, 2.24) is 14.6 Å². The summed E-state index contributed by atoms with van der Waals surface area (Å²) in [5.74, 6) is 0. The number of hydrogen-bond acceptors (Lipinski definition) is 4. The van der Waals surface area contributed by atoms with Gasteiger partial charge in [-0.05, 0) is 17.9 Å². The molecule has 2 heterocycles. The number of aryl methyl sites for hydroxylation is 1. The monoisotopic (exact) mass is 301 g/mol. The fourth-order valence-electron chi connectivity index (χ4n) is 2.39. The molecule has 3 rings (SSSR count). The topological polar surface area (TPSA) is 50.4 Å². The van der Waals surface area contributed by atoms with Gasteiger partial charge in [-0.25, -0.2) is 9.50 Å². The molecule has 0 fully saturated rings. The van der Waals surface area contributed by atoms with Crippen molar-refractivity contribution in [2.75, 3.05) is 0 Å². The molecule has 0 aliphatic carbocycles. The molecule has 4 nitrogen and oxygen atoms in total. The van der Waals surface area contributed by atoms with Crippen LogP contribution in [0, 0.1) is 6.92 Å². The van der Waals surface area contributed by atoms with E-state index in [2.05, 4.69) is 55.1 Å². The van der Waals surface area contributed by atoms with Gasteiger partial charge < -0.3 is 5.11 Å². The van der Waals surface area contributed by atoms with Crippen molar-refractivity contribution in [3.8, 4) is 11.3 Å². The van der Waals surface area contributed by atoms with Gasteiger partial charge in [0.1, 0.15) is 5.01 Å². The lowest BCUT2D eigenvalue weighted by atomic mass is 9.86. The predicted octanol–water partition coefficient (Wildman–Crippen LogP) is 3.56. The number of benzene rings is 1. The summed E-state index contributed by atoms with van der Waals surface area (Å²) in [5, 5.41) is 15.0. The standard InChI is InChI=1S/C16H19N3OS/c1-10-18-19-13(9-20)14(17-15(19)21-10)11-5-7-12(8-6-11)16(2,3)4/h5-8,20H,9H2,1-4H3. The summed E-state index contributed by atoms with van der Waals surface area (Å²) in [6, 6.07) is 8.39. The minimum absolute atomic E-state index is 0.0688. The smallest absolute Gasteiger partial charge is 0.213 e. The van der Waals surface area contributed by atoms with E-state index < -0.39 is 0 Å². The van der Waals surface area contributed by atoms with Gasteiger partial charge in [0.25, 0.3) is 0 Å². The van der Waals surface area contributed by atoms with Crippen molar-refractivity contribution in [2.45, 2.75) is 39.7 Å². The summed E-state index contributed by atoms with van der Waals surface area (Å²) in [4.78, 5) is 5.45. The van der Waals surface area contributed by atoms with Crippen LogP contribution in [0.4, 0.5) is 0 Å². The summed E-state index contributed by atoms with van der Waals surface area (Å²) in [5.41, 5.74) is 4.00. The van der Waals surface area contributed by atoms with Crippen molar-refractivity contribution in [2.24, 2.45) is 0 Å². The van der Waals surface area contributed by atoms with Gasteiger partial charge in [-0.3, -0.25) is 0 Å². The molecule has 0 radical (unpaired) electrons. The SMILES string of the molecule is Cc1nn2c(CO)c(-c3ccc(C(C)(C)C)cc3)nc2s1. The summed E-state index contributed by atoms with van der Waals surface area (Å²) in [6.07, 6.45) is 0. The summed E-state index contributed by atoms with van der Waals surface area (Å²) < 4.78 is 1.74. The molecular formula is C16H19N3OS. The van der Waals surface area contributed by atoms with Crippen LogP contribution in [-0.2, 0) is 12.0 Å². The van der Waals surface area contributed by atoms with E-state index in [1.54, 1.807) is 4.52 Å². The zero-order chi connectivity index (χ0) is 15.2. The number of aromatic nitrogens is 3. The maximum atomic E-state index is 9.66. The van der Waals surface area contributed by atoms with Crippen molar-refractivity contribution in [3.63, 3.8) is 0 Å². The Hall–Kier alpha value is -1.72. The van der Waals surface area contributed by atoms with E-state index in [-0.39, 0.29) is 12.0 Å². The molecule has 0 saturated carbocycles. The van der Waals surface area contributed by atoms with Crippen LogP contribution in [0.2, 0.25) is 0 Å². The number of imidazole rings is 1. The molecule has 3 aromatic rings. The molecule has 0 aliphatic heterocycles. The maximum absolute atomic E-state index is 9.66. The highest BCUT2D eigenvalue weighted by atomic mass is 32.1. The molecule has 1 N–H and O–H groups in total. The second-order valence-electron chi connectivity index (χ2n) is 6.21. The van der Waals surface area contributed by atoms with E-state index in [9.17, 15) is 5.11 Å². The number of fused-ring (bicyclic) bond motifs is 1. The Kier molecular flexibility index (Phi) is 3.34. The Morgan fingerprint density at radius 2 is 1.86 bits per heavy atom. The molecule has 0 amide bonds. The number of rotatable bonds is 2. The second-order valence-corrected chi connectivity index (χ2v) is 7.37. The largest absolute Gasteiger partial charge is 0.390 e. The molecule has 21 heavy (non-hydrogen) atoms. The lowest BCUT2D eigenvalue weighted by molar-refractivity contribution is 0.275. The Balaban J connectivity index is 2.09. The van der Waals surface area contributed by atoms with Crippen LogP contribution in [0.15, 0.2) is 24.3 Å². The van der Waals surface area contributed by atoms with Crippen LogP contribution in [-0.4, -0.2) is 19.7 Å². The van der Waals surface area contributed by atoms with Gasteiger partial charge >= 0.3 is 0 Å². The Morgan fingerprint density at radius 1 is 1.19 bits per heavy atom. The fraction of sp³-hybridized carbons (Fsp3) is 0.375. The third kappa shape index (κ3) is 2.47. The van der Waals surface area contributed by atoms with E-state index in [0.29, 0.717) is 0 Å². The first-order valence-corrected chi connectivity index (χ1v) is 7.78. The average Bonchev–Trinajstić information content (AvgIpc) is 2.93. The van der Waals surface area contributed by atoms with Gasteiger partial charge in [0, 0.05) is 5.56 Å². The molecule has 5 heteroatoms. The van der Waals surface area contributed by atoms with Gasteiger partial charge in [0.2, 0.25) is 4.96 Å². The third-order valence-corrected chi connectivity index (χ3v) is 4.40. The molecule has 0 aliphatic rings. The molecule has 0 spiro atoms. The first-order valence-electron chi connectivity index (χ1n) is 6.97. The normalized spacial score (nSPS) is 12.2. The van der Waals surface area contributed by atoms with Crippen molar-refractivity contribution in [1.29, 1.82) is 0 Å². The highest BCUT2D eigenvalue weighted by Crippen LogP contribution is 2.29. The van der Waals surface area contributed by atoms with E-state index in [1.807, 2.05) is 6.92 Å². The van der Waals surface area contributed by atoms with Crippen LogP contribution in [0.1, 0.15) is 37.0 Å². The number of hydrogen-bond donors (Lipinski definition) is 1. The summed E-state index contributed by atoms with van der Waals surface area (Å²) >= 11 is 1.53. The molecule has 0 atom stereocenters. The van der Waals surface area contributed by atoms with Crippen LogP contribution in [0.25, 0.3) is 16.2 Å². The number of nitrogens with zero attached hydrogens (tertiary/aromatic N) is 3. The Labute approximate surface area is 128 Å². The van der Waals surface area contributed by atoms with Crippen LogP contribution >= 0.6 is 11.3 Å². The lowest BCUT2D eigenvalue weighted by Gasteiger charge is -2.19. The number of aliphatic hydroxyl groups excluding tert-OH is 1. The molecular weight excluding hydrogens is 282 g/mol. The second kappa shape index (κ2) is 4.93. The molecule has 0 saturated heterocycles. The van der Waals surface area contributed by atoms with Gasteiger partial charge in [-0.1, -0.05) is 56.4 Å². The molecule has 1 aromatic carbocycles. The maximum Gasteiger partial charge on any atom is 0.213 e. The summed E-state index contributed by atoms with van der Waals surface area (Å²) in [6.45, 7) is 8.46. The van der Waals surface area contributed by atoms with E-state index >= 15 is 0 Å². The molecule has 0 bridgehead atoms. The zero-order valence-electron chi connectivity index (χ0n) is 12.7. The first-order chi connectivity index (χ1) is 9.90. The fourth-order valence-corrected chi connectivity index (χ4v) is 3.15.